The molecule has 0 N–H and O–H groups in total. The summed E-state index contributed by atoms with van der Waals surface area (Å²) in [4.78, 5) is 4.29. The predicted molar refractivity (Wildman–Crippen MR) is 63.3 cm³/mol. The van der Waals surface area contributed by atoms with Crippen molar-refractivity contribution < 1.29 is 4.74 Å². The van der Waals surface area contributed by atoms with Gasteiger partial charge in [-0.3, -0.25) is 0 Å². The lowest BCUT2D eigenvalue weighted by Gasteiger charge is -2.21. The van der Waals surface area contributed by atoms with Gasteiger partial charge in [-0.25, -0.2) is 4.98 Å². The Kier molecular flexibility index (Phi) is 4.13. The van der Waals surface area contributed by atoms with Gasteiger partial charge in [-0.2, -0.15) is 0 Å². The number of aromatic nitrogens is 1. The van der Waals surface area contributed by atoms with Crippen LogP contribution in [-0.2, 0) is 5.41 Å². The van der Waals surface area contributed by atoms with E-state index in [1.807, 2.05) is 6.07 Å². The second kappa shape index (κ2) is 5.15. The molecule has 2 heteroatoms. The molecule has 15 heavy (non-hydrogen) atoms. The topological polar surface area (TPSA) is 22.1 Å². The lowest BCUT2D eigenvalue weighted by Crippen LogP contribution is -2.14. The number of ether oxygens (including phenoxy) is 1. The molecule has 0 bridgehead atoms. The zero-order valence-corrected chi connectivity index (χ0v) is 10.2. The summed E-state index contributed by atoms with van der Waals surface area (Å²) in [5.41, 5.74) is 1.27. The Balaban J connectivity index is 2.78. The minimum absolute atomic E-state index is 0.0931. The molecule has 0 unspecified atom stereocenters. The second-order valence-corrected chi connectivity index (χ2v) is 4.81. The summed E-state index contributed by atoms with van der Waals surface area (Å²) in [5, 5.41) is 0. The molecule has 0 aliphatic rings. The van der Waals surface area contributed by atoms with Crippen molar-refractivity contribution in [2.24, 2.45) is 0 Å². The molecule has 1 aromatic rings. The highest BCUT2D eigenvalue weighted by molar-refractivity contribution is 5.31. The summed E-state index contributed by atoms with van der Waals surface area (Å²) in [5.74, 6) is 0.790. The fraction of sp³-hybridized carbons (Fsp3) is 0.615. The third-order valence-electron chi connectivity index (χ3n) is 2.32. The van der Waals surface area contributed by atoms with E-state index in [1.165, 1.54) is 5.56 Å². The molecule has 1 heterocycles. The van der Waals surface area contributed by atoms with Gasteiger partial charge in [-0.15, -0.1) is 0 Å². The monoisotopic (exact) mass is 207 g/mol. The van der Waals surface area contributed by atoms with Gasteiger partial charge in [0, 0.05) is 11.8 Å². The average Bonchev–Trinajstić information content (AvgIpc) is 2.17. The van der Waals surface area contributed by atoms with E-state index in [9.17, 15) is 0 Å². The van der Waals surface area contributed by atoms with E-state index in [4.69, 9.17) is 4.74 Å². The maximum atomic E-state index is 5.69. The van der Waals surface area contributed by atoms with Crippen LogP contribution in [0.1, 0.15) is 46.1 Å². The van der Waals surface area contributed by atoms with Crippen LogP contribution >= 0.6 is 0 Å². The van der Waals surface area contributed by atoms with Crippen molar-refractivity contribution in [1.29, 1.82) is 0 Å². The van der Waals surface area contributed by atoms with Crippen LogP contribution < -0.4 is 4.74 Å². The lowest BCUT2D eigenvalue weighted by molar-refractivity contribution is 0.289. The fourth-order valence-corrected chi connectivity index (χ4v) is 1.39. The fourth-order valence-electron chi connectivity index (χ4n) is 1.39. The summed E-state index contributed by atoms with van der Waals surface area (Å²) < 4.78 is 5.69. The lowest BCUT2D eigenvalue weighted by atomic mass is 9.88. The molecule has 0 atom stereocenters. The Morgan fingerprint density at radius 2 is 2.07 bits per heavy atom. The van der Waals surface area contributed by atoms with Crippen LogP contribution in [0.4, 0.5) is 0 Å². The van der Waals surface area contributed by atoms with Gasteiger partial charge in [0.2, 0.25) is 5.88 Å². The molecular weight excluding hydrogens is 186 g/mol. The third-order valence-corrected chi connectivity index (χ3v) is 2.32. The first-order valence-corrected chi connectivity index (χ1v) is 5.64. The number of hydrogen-bond acceptors (Lipinski definition) is 2. The summed E-state index contributed by atoms with van der Waals surface area (Å²) in [7, 11) is 0. The third kappa shape index (κ3) is 3.54. The van der Waals surface area contributed by atoms with Crippen LogP contribution in [0.15, 0.2) is 18.3 Å². The van der Waals surface area contributed by atoms with Crippen molar-refractivity contribution >= 4 is 0 Å². The van der Waals surface area contributed by atoms with E-state index in [-0.39, 0.29) is 5.41 Å². The van der Waals surface area contributed by atoms with E-state index >= 15 is 0 Å². The molecule has 0 aliphatic heterocycles. The summed E-state index contributed by atoms with van der Waals surface area (Å²) in [6.45, 7) is 9.45. The van der Waals surface area contributed by atoms with Crippen LogP contribution in [0.25, 0.3) is 0 Å². The first kappa shape index (κ1) is 12.0. The molecule has 0 saturated heterocycles. The van der Waals surface area contributed by atoms with Gasteiger partial charge in [0.25, 0.3) is 0 Å². The second-order valence-electron chi connectivity index (χ2n) is 4.81. The van der Waals surface area contributed by atoms with Crippen molar-refractivity contribution in [1.82, 2.24) is 4.98 Å². The molecule has 1 aromatic heterocycles. The summed E-state index contributed by atoms with van der Waals surface area (Å²) >= 11 is 0. The minimum atomic E-state index is 0.0931. The minimum Gasteiger partial charge on any atom is -0.477 e. The largest absolute Gasteiger partial charge is 0.477 e. The molecule has 0 aromatic carbocycles. The quantitative estimate of drug-likeness (QED) is 0.704. The number of nitrogens with zero attached hydrogens (tertiary/aromatic N) is 1. The van der Waals surface area contributed by atoms with Gasteiger partial charge in [0.05, 0.1) is 6.61 Å². The Morgan fingerprint density at radius 1 is 1.33 bits per heavy atom. The molecule has 0 saturated carbocycles. The summed E-state index contributed by atoms with van der Waals surface area (Å²) in [6, 6.07) is 4.06. The summed E-state index contributed by atoms with van der Waals surface area (Å²) in [6.07, 6.45) is 4.02. The molecule has 84 valence electrons. The Morgan fingerprint density at radius 3 is 2.67 bits per heavy atom. The Labute approximate surface area is 92.7 Å². The van der Waals surface area contributed by atoms with Crippen LogP contribution in [0, 0.1) is 0 Å². The van der Waals surface area contributed by atoms with E-state index < -0.39 is 0 Å². The molecule has 0 aliphatic carbocycles. The van der Waals surface area contributed by atoms with Crippen molar-refractivity contribution in [3.63, 3.8) is 0 Å². The van der Waals surface area contributed by atoms with E-state index in [0.29, 0.717) is 0 Å². The first-order chi connectivity index (χ1) is 7.05. The number of unbranched alkanes of at least 4 members (excludes halogenated alkanes) is 1. The number of rotatable bonds is 4. The SMILES string of the molecule is CCCCOc1ncccc1C(C)(C)C. The number of pyridine rings is 1. The van der Waals surface area contributed by atoms with Crippen LogP contribution in [0.3, 0.4) is 0 Å². The van der Waals surface area contributed by atoms with Gasteiger partial charge in [0.1, 0.15) is 0 Å². The van der Waals surface area contributed by atoms with Crippen molar-refractivity contribution in [3.05, 3.63) is 23.9 Å². The molecule has 0 amide bonds. The molecule has 1 rings (SSSR count). The van der Waals surface area contributed by atoms with Gasteiger partial charge in [-0.1, -0.05) is 40.2 Å². The zero-order valence-electron chi connectivity index (χ0n) is 10.2. The van der Waals surface area contributed by atoms with E-state index in [1.54, 1.807) is 6.20 Å². The van der Waals surface area contributed by atoms with Crippen LogP contribution in [0.2, 0.25) is 0 Å². The molecule has 0 spiro atoms. The smallest absolute Gasteiger partial charge is 0.217 e. The van der Waals surface area contributed by atoms with Crippen molar-refractivity contribution in [2.45, 2.75) is 46.0 Å². The van der Waals surface area contributed by atoms with E-state index in [0.717, 1.165) is 25.3 Å². The maximum absolute atomic E-state index is 5.69. The van der Waals surface area contributed by atoms with E-state index in [2.05, 4.69) is 38.7 Å². The van der Waals surface area contributed by atoms with Gasteiger partial charge in [0.15, 0.2) is 0 Å². The molecule has 0 fully saturated rings. The number of hydrogen-bond donors (Lipinski definition) is 0. The molecule has 2 nitrogen and oxygen atoms in total. The normalized spacial score (nSPS) is 11.5. The van der Waals surface area contributed by atoms with Gasteiger partial charge < -0.3 is 4.74 Å². The maximum Gasteiger partial charge on any atom is 0.217 e. The Bertz CT molecular complexity index is 302. The Hall–Kier alpha value is -1.05. The molecular formula is C13H21NO. The van der Waals surface area contributed by atoms with Gasteiger partial charge >= 0.3 is 0 Å². The molecule has 0 radical (unpaired) electrons. The standard InChI is InChI=1S/C13H21NO/c1-5-6-10-15-12-11(13(2,3)4)8-7-9-14-12/h7-9H,5-6,10H2,1-4H3. The van der Waals surface area contributed by atoms with Crippen molar-refractivity contribution in [3.8, 4) is 5.88 Å². The van der Waals surface area contributed by atoms with Crippen LogP contribution in [0.5, 0.6) is 5.88 Å². The zero-order chi connectivity index (χ0) is 11.3. The highest BCUT2D eigenvalue weighted by Gasteiger charge is 2.19. The van der Waals surface area contributed by atoms with Gasteiger partial charge in [-0.05, 0) is 17.9 Å². The van der Waals surface area contributed by atoms with Crippen LogP contribution in [-0.4, -0.2) is 11.6 Å². The average molecular weight is 207 g/mol. The highest BCUT2D eigenvalue weighted by Crippen LogP contribution is 2.29. The predicted octanol–water partition coefficient (Wildman–Crippen LogP) is 3.56. The van der Waals surface area contributed by atoms with Crippen molar-refractivity contribution in [2.75, 3.05) is 6.61 Å². The first-order valence-electron chi connectivity index (χ1n) is 5.64. The highest BCUT2D eigenvalue weighted by atomic mass is 16.5.